The second kappa shape index (κ2) is 5.40. The van der Waals surface area contributed by atoms with Crippen LogP contribution in [0.5, 0.6) is 0 Å². The van der Waals surface area contributed by atoms with Crippen LogP contribution in [-0.4, -0.2) is 53.0 Å². The summed E-state index contributed by atoms with van der Waals surface area (Å²) in [7, 11) is 0. The molecule has 0 atom stereocenters. The average molecular weight is 262 g/mol. The summed E-state index contributed by atoms with van der Waals surface area (Å²) in [4.78, 5) is 11.3. The molecule has 0 aromatic carbocycles. The maximum absolute atomic E-state index is 5.39. The van der Waals surface area contributed by atoms with E-state index in [0.717, 1.165) is 56.1 Å². The van der Waals surface area contributed by atoms with Gasteiger partial charge in [-0.25, -0.2) is 0 Å². The number of morpholine rings is 1. The molecule has 1 aliphatic rings. The summed E-state index contributed by atoms with van der Waals surface area (Å²) in [6.45, 7) is 6.16. The van der Waals surface area contributed by atoms with Crippen LogP contribution in [-0.2, 0) is 4.74 Å². The van der Waals surface area contributed by atoms with Crippen molar-refractivity contribution in [3.05, 3.63) is 6.20 Å². The van der Waals surface area contributed by atoms with Crippen LogP contribution in [0.2, 0.25) is 0 Å². The Labute approximate surface area is 111 Å². The number of nitrogens with one attached hydrogen (secondary N) is 2. The minimum absolute atomic E-state index is 0.653. The Bertz CT molecular complexity index is 548. The lowest BCUT2D eigenvalue weighted by Crippen LogP contribution is -2.37. The molecule has 2 aromatic rings. The highest BCUT2D eigenvalue weighted by Crippen LogP contribution is 2.24. The zero-order valence-corrected chi connectivity index (χ0v) is 11.0. The number of fused-ring (bicyclic) bond motifs is 1. The smallest absolute Gasteiger partial charge is 0.226 e. The van der Waals surface area contributed by atoms with Gasteiger partial charge in [-0.3, -0.25) is 5.10 Å². The molecule has 19 heavy (non-hydrogen) atoms. The van der Waals surface area contributed by atoms with Crippen LogP contribution in [0.4, 0.5) is 11.8 Å². The number of ether oxygens (including phenoxy) is 1. The largest absolute Gasteiger partial charge is 0.378 e. The predicted octanol–water partition coefficient (Wildman–Crippen LogP) is 1.01. The van der Waals surface area contributed by atoms with Gasteiger partial charge in [-0.05, 0) is 6.42 Å². The lowest BCUT2D eigenvalue weighted by Gasteiger charge is -2.28. The molecule has 0 spiro atoms. The van der Waals surface area contributed by atoms with Crippen molar-refractivity contribution in [3.8, 4) is 0 Å². The molecule has 0 unspecified atom stereocenters. The van der Waals surface area contributed by atoms with E-state index in [1.165, 1.54) is 0 Å². The summed E-state index contributed by atoms with van der Waals surface area (Å²) in [5, 5.41) is 11.2. The molecule has 0 saturated carbocycles. The van der Waals surface area contributed by atoms with Gasteiger partial charge >= 0.3 is 0 Å². The SMILES string of the molecule is CCCNc1nc(N2CCOCC2)c2cn[nH]c2n1. The van der Waals surface area contributed by atoms with Crippen LogP contribution in [0.15, 0.2) is 6.20 Å². The fourth-order valence-electron chi connectivity index (χ4n) is 2.15. The van der Waals surface area contributed by atoms with E-state index in [1.54, 1.807) is 6.20 Å². The second-order valence-electron chi connectivity index (χ2n) is 4.53. The Morgan fingerprint density at radius 2 is 2.21 bits per heavy atom. The number of nitrogens with zero attached hydrogens (tertiary/aromatic N) is 4. The van der Waals surface area contributed by atoms with Gasteiger partial charge in [0.2, 0.25) is 5.95 Å². The van der Waals surface area contributed by atoms with Crippen LogP contribution < -0.4 is 10.2 Å². The number of anilines is 2. The third kappa shape index (κ3) is 2.46. The van der Waals surface area contributed by atoms with E-state index in [9.17, 15) is 0 Å². The Kier molecular flexibility index (Phi) is 3.45. The summed E-state index contributed by atoms with van der Waals surface area (Å²) in [5.74, 6) is 1.58. The first-order valence-corrected chi connectivity index (χ1v) is 6.66. The first kappa shape index (κ1) is 12.2. The van der Waals surface area contributed by atoms with Crippen molar-refractivity contribution in [2.45, 2.75) is 13.3 Å². The minimum Gasteiger partial charge on any atom is -0.378 e. The zero-order chi connectivity index (χ0) is 13.1. The van der Waals surface area contributed by atoms with Crippen LogP contribution in [0, 0.1) is 0 Å². The Hall–Kier alpha value is -1.89. The van der Waals surface area contributed by atoms with Gasteiger partial charge in [0.1, 0.15) is 5.82 Å². The van der Waals surface area contributed by atoms with Crippen molar-refractivity contribution in [1.29, 1.82) is 0 Å². The van der Waals surface area contributed by atoms with Gasteiger partial charge in [0.15, 0.2) is 5.65 Å². The van der Waals surface area contributed by atoms with E-state index in [-0.39, 0.29) is 0 Å². The van der Waals surface area contributed by atoms with Gasteiger partial charge in [-0.15, -0.1) is 0 Å². The molecule has 3 rings (SSSR count). The van der Waals surface area contributed by atoms with Gasteiger partial charge in [-0.2, -0.15) is 15.1 Å². The number of aromatic nitrogens is 4. The van der Waals surface area contributed by atoms with Crippen molar-refractivity contribution in [3.63, 3.8) is 0 Å². The molecule has 7 nitrogen and oxygen atoms in total. The third-order valence-corrected chi connectivity index (χ3v) is 3.13. The lowest BCUT2D eigenvalue weighted by molar-refractivity contribution is 0.122. The topological polar surface area (TPSA) is 79.0 Å². The zero-order valence-electron chi connectivity index (χ0n) is 11.0. The number of hydrogen-bond acceptors (Lipinski definition) is 6. The van der Waals surface area contributed by atoms with Gasteiger partial charge < -0.3 is 15.0 Å². The monoisotopic (exact) mass is 262 g/mol. The summed E-state index contributed by atoms with van der Waals surface area (Å²) < 4.78 is 5.39. The van der Waals surface area contributed by atoms with Gasteiger partial charge in [-0.1, -0.05) is 6.92 Å². The van der Waals surface area contributed by atoms with Crippen molar-refractivity contribution in [1.82, 2.24) is 20.2 Å². The predicted molar refractivity (Wildman–Crippen MR) is 73.5 cm³/mol. The summed E-state index contributed by atoms with van der Waals surface area (Å²) in [6, 6.07) is 0. The number of aromatic amines is 1. The summed E-state index contributed by atoms with van der Waals surface area (Å²) in [5.41, 5.74) is 0.773. The highest BCUT2D eigenvalue weighted by atomic mass is 16.5. The van der Waals surface area contributed by atoms with Crippen LogP contribution in [0.3, 0.4) is 0 Å². The first-order chi connectivity index (χ1) is 9.38. The average Bonchev–Trinajstić information content (AvgIpc) is 2.93. The van der Waals surface area contributed by atoms with Gasteiger partial charge in [0.05, 0.1) is 24.8 Å². The van der Waals surface area contributed by atoms with Crippen molar-refractivity contribution in [2.75, 3.05) is 43.1 Å². The number of hydrogen-bond donors (Lipinski definition) is 2. The molecule has 3 heterocycles. The van der Waals surface area contributed by atoms with Crippen molar-refractivity contribution in [2.24, 2.45) is 0 Å². The molecule has 7 heteroatoms. The van der Waals surface area contributed by atoms with Crippen molar-refractivity contribution >= 4 is 22.8 Å². The highest BCUT2D eigenvalue weighted by Gasteiger charge is 2.18. The third-order valence-electron chi connectivity index (χ3n) is 3.13. The number of H-pyrrole nitrogens is 1. The molecule has 1 fully saturated rings. The Balaban J connectivity index is 1.97. The second-order valence-corrected chi connectivity index (χ2v) is 4.53. The van der Waals surface area contributed by atoms with E-state index >= 15 is 0 Å². The first-order valence-electron chi connectivity index (χ1n) is 6.66. The van der Waals surface area contributed by atoms with Crippen LogP contribution in [0.25, 0.3) is 11.0 Å². The van der Waals surface area contributed by atoms with Gasteiger partial charge in [0.25, 0.3) is 0 Å². The van der Waals surface area contributed by atoms with E-state index < -0.39 is 0 Å². The standard InChI is InChI=1S/C12H18N6O/c1-2-3-13-12-15-10-9(8-14-17-10)11(16-12)18-4-6-19-7-5-18/h8H,2-7H2,1H3,(H2,13,14,15,16,17). The maximum atomic E-state index is 5.39. The Morgan fingerprint density at radius 1 is 1.37 bits per heavy atom. The molecule has 1 aliphatic heterocycles. The molecule has 0 bridgehead atoms. The van der Waals surface area contributed by atoms with E-state index in [4.69, 9.17) is 4.74 Å². The van der Waals surface area contributed by atoms with E-state index in [2.05, 4.69) is 37.3 Å². The molecule has 0 radical (unpaired) electrons. The normalized spacial score (nSPS) is 15.9. The molecule has 1 saturated heterocycles. The highest BCUT2D eigenvalue weighted by molar-refractivity contribution is 5.87. The molecular weight excluding hydrogens is 244 g/mol. The molecule has 102 valence electrons. The summed E-state index contributed by atoms with van der Waals surface area (Å²) >= 11 is 0. The molecule has 2 N–H and O–H groups in total. The molecular formula is C12H18N6O. The number of rotatable bonds is 4. The van der Waals surface area contributed by atoms with Crippen LogP contribution >= 0.6 is 0 Å². The Morgan fingerprint density at radius 3 is 3.00 bits per heavy atom. The molecule has 2 aromatic heterocycles. The van der Waals surface area contributed by atoms with Gasteiger partial charge in [0, 0.05) is 19.6 Å². The fourth-order valence-corrected chi connectivity index (χ4v) is 2.15. The minimum atomic E-state index is 0.653. The van der Waals surface area contributed by atoms with Crippen LogP contribution in [0.1, 0.15) is 13.3 Å². The van der Waals surface area contributed by atoms with E-state index in [1.807, 2.05) is 0 Å². The molecule has 0 aliphatic carbocycles. The summed E-state index contributed by atoms with van der Waals surface area (Å²) in [6.07, 6.45) is 2.82. The quantitative estimate of drug-likeness (QED) is 0.856. The lowest BCUT2D eigenvalue weighted by atomic mass is 10.3. The molecule has 0 amide bonds. The maximum Gasteiger partial charge on any atom is 0.226 e. The fraction of sp³-hybridized carbons (Fsp3) is 0.583. The van der Waals surface area contributed by atoms with E-state index in [0.29, 0.717) is 5.95 Å². The van der Waals surface area contributed by atoms with Crippen molar-refractivity contribution < 1.29 is 4.74 Å².